The molecule has 0 aromatic rings. The standard InChI is InChI=1S/C87H154O5/c1-3-5-7-9-11-13-15-17-19-21-23-25-27-29-31-33-35-37-39-41-42-43-44-46-48-50-52-54-56-58-60-62-64-66-68-70-72-74-76-78-80-82-87(90)92-85(83-88)84-91-86(89)81-79-77-75-73-71-69-67-65-63-61-59-57-55-53-51-49-47-45-40-38-36-34-32-30-28-26-24-22-20-18-16-14-12-10-8-6-4-2/h5,7,11,13,17,19,22-25,29,31,35,37,41-42,44,46,85,88H,3-4,6,8-10,12,14-16,18,20-21,26-28,30,32-34,36,38-40,43,45,47-84H2,1-2H3/b7-5-,13-11-,19-17-,24-22-,25-23-,31-29-,37-35-,42-41-,46-44-. The van der Waals surface area contributed by atoms with E-state index >= 15 is 0 Å². The lowest BCUT2D eigenvalue weighted by Crippen LogP contribution is -2.28. The minimum Gasteiger partial charge on any atom is -0.462 e. The van der Waals surface area contributed by atoms with Gasteiger partial charge in [0.1, 0.15) is 6.61 Å². The predicted molar refractivity (Wildman–Crippen MR) is 408 cm³/mol. The maximum Gasteiger partial charge on any atom is 0.306 e. The Kier molecular flexibility index (Phi) is 78.7. The summed E-state index contributed by atoms with van der Waals surface area (Å²) in [5, 5.41) is 9.73. The topological polar surface area (TPSA) is 72.8 Å². The van der Waals surface area contributed by atoms with E-state index < -0.39 is 6.10 Å². The average molecular weight is 1280 g/mol. The number of unbranched alkanes of at least 4 members (excludes halogenated alkanes) is 49. The lowest BCUT2D eigenvalue weighted by molar-refractivity contribution is -0.161. The molecule has 5 nitrogen and oxygen atoms in total. The van der Waals surface area contributed by atoms with Crippen molar-refractivity contribution in [3.8, 4) is 0 Å². The first kappa shape index (κ1) is 88.6. The van der Waals surface area contributed by atoms with E-state index in [9.17, 15) is 14.7 Å². The Morgan fingerprint density at radius 1 is 0.261 bits per heavy atom. The molecule has 0 radical (unpaired) electrons. The first-order chi connectivity index (χ1) is 45.6. The summed E-state index contributed by atoms with van der Waals surface area (Å²) >= 11 is 0. The Hall–Kier alpha value is -3.44. The SMILES string of the molecule is CC/C=C\C/C=C\C/C=C\C/C=C\C/C=C\C/C=C\C/C=C\C/C=C\CCCCCCCCCCCCCCCCCCC(=O)OC(CO)COC(=O)CCCCCCCCCCCCCCCCCCCCCCCCCCC/C=C\CCCCCCCCCC. The fourth-order valence-electron chi connectivity index (χ4n) is 12.0. The number of carbonyl (C=O) groups excluding carboxylic acids is 2. The summed E-state index contributed by atoms with van der Waals surface area (Å²) in [5.41, 5.74) is 0. The molecule has 0 bridgehead atoms. The van der Waals surface area contributed by atoms with E-state index in [1.807, 2.05) is 0 Å². The second-order valence-electron chi connectivity index (χ2n) is 27.1. The highest BCUT2D eigenvalue weighted by Gasteiger charge is 2.16. The van der Waals surface area contributed by atoms with Gasteiger partial charge in [0, 0.05) is 12.8 Å². The third-order valence-electron chi connectivity index (χ3n) is 18.1. The van der Waals surface area contributed by atoms with Crippen molar-refractivity contribution in [2.45, 2.75) is 418 Å². The third-order valence-corrected chi connectivity index (χ3v) is 18.1. The van der Waals surface area contributed by atoms with E-state index in [4.69, 9.17) is 9.47 Å². The number of hydrogen-bond donors (Lipinski definition) is 1. The largest absolute Gasteiger partial charge is 0.462 e. The van der Waals surface area contributed by atoms with Gasteiger partial charge in [0.05, 0.1) is 6.61 Å². The summed E-state index contributed by atoms with van der Waals surface area (Å²) in [5.74, 6) is -0.573. The molecule has 0 saturated heterocycles. The van der Waals surface area contributed by atoms with E-state index in [-0.39, 0.29) is 25.2 Å². The Morgan fingerprint density at radius 3 is 0.717 bits per heavy atom. The normalized spacial score (nSPS) is 12.8. The van der Waals surface area contributed by atoms with Gasteiger partial charge in [-0.25, -0.2) is 0 Å². The van der Waals surface area contributed by atoms with E-state index in [0.717, 1.165) is 89.9 Å². The lowest BCUT2D eigenvalue weighted by atomic mass is 10.0. The van der Waals surface area contributed by atoms with Crippen LogP contribution in [0.1, 0.15) is 412 Å². The number of aliphatic hydroxyl groups is 1. The van der Waals surface area contributed by atoms with Crippen LogP contribution in [0, 0.1) is 0 Å². The molecule has 1 atom stereocenters. The predicted octanol–water partition coefficient (Wildman–Crippen LogP) is 28.7. The highest BCUT2D eigenvalue weighted by Crippen LogP contribution is 2.19. The fourth-order valence-corrected chi connectivity index (χ4v) is 12.0. The molecule has 0 saturated carbocycles. The van der Waals surface area contributed by atoms with Crippen LogP contribution >= 0.6 is 0 Å². The van der Waals surface area contributed by atoms with E-state index in [1.165, 1.54) is 295 Å². The minimum absolute atomic E-state index is 0.0639. The molecule has 0 fully saturated rings. The van der Waals surface area contributed by atoms with Crippen LogP contribution in [-0.2, 0) is 19.1 Å². The summed E-state index contributed by atoms with van der Waals surface area (Å²) in [6.07, 6.45) is 119. The molecular formula is C87H154O5. The van der Waals surface area contributed by atoms with Gasteiger partial charge in [-0.1, -0.05) is 406 Å². The van der Waals surface area contributed by atoms with Gasteiger partial charge in [-0.3, -0.25) is 9.59 Å². The van der Waals surface area contributed by atoms with Crippen molar-refractivity contribution in [3.05, 3.63) is 109 Å². The van der Waals surface area contributed by atoms with E-state index in [1.54, 1.807) is 0 Å². The highest BCUT2D eigenvalue weighted by molar-refractivity contribution is 5.70. The minimum atomic E-state index is -0.776. The second-order valence-corrected chi connectivity index (χ2v) is 27.1. The van der Waals surface area contributed by atoms with Gasteiger partial charge in [0.15, 0.2) is 6.10 Å². The highest BCUT2D eigenvalue weighted by atomic mass is 16.6. The van der Waals surface area contributed by atoms with Crippen LogP contribution in [0.2, 0.25) is 0 Å². The van der Waals surface area contributed by atoms with Crippen LogP contribution in [0.4, 0.5) is 0 Å². The molecule has 1 N–H and O–H groups in total. The lowest BCUT2D eigenvalue weighted by Gasteiger charge is -2.15. The zero-order valence-electron chi connectivity index (χ0n) is 61.3. The Labute approximate surface area is 573 Å². The number of esters is 2. The number of hydrogen-bond acceptors (Lipinski definition) is 5. The molecule has 0 aromatic heterocycles. The summed E-state index contributed by atoms with van der Waals surface area (Å²) in [6.45, 7) is 4.07. The monoisotopic (exact) mass is 1280 g/mol. The quantitative estimate of drug-likeness (QED) is 0.0373. The number of aliphatic hydroxyl groups excluding tert-OH is 1. The number of ether oxygens (including phenoxy) is 2. The fraction of sp³-hybridized carbons (Fsp3) is 0.770. The van der Waals surface area contributed by atoms with Crippen LogP contribution in [0.5, 0.6) is 0 Å². The van der Waals surface area contributed by atoms with Gasteiger partial charge in [0.25, 0.3) is 0 Å². The van der Waals surface area contributed by atoms with Crippen LogP contribution < -0.4 is 0 Å². The van der Waals surface area contributed by atoms with Gasteiger partial charge >= 0.3 is 11.9 Å². The van der Waals surface area contributed by atoms with Gasteiger partial charge in [0.2, 0.25) is 0 Å². The number of rotatable bonds is 75. The van der Waals surface area contributed by atoms with E-state index in [0.29, 0.717) is 12.8 Å². The summed E-state index contributed by atoms with van der Waals surface area (Å²) < 4.78 is 10.8. The van der Waals surface area contributed by atoms with Gasteiger partial charge in [-0.15, -0.1) is 0 Å². The molecule has 5 heteroatoms. The van der Waals surface area contributed by atoms with Crippen LogP contribution in [0.15, 0.2) is 109 Å². The van der Waals surface area contributed by atoms with Crippen molar-refractivity contribution in [2.75, 3.05) is 13.2 Å². The van der Waals surface area contributed by atoms with Crippen molar-refractivity contribution in [3.63, 3.8) is 0 Å². The second kappa shape index (κ2) is 81.8. The first-order valence-corrected chi connectivity index (χ1v) is 40.4. The number of carbonyl (C=O) groups is 2. The average Bonchev–Trinajstić information content (AvgIpc) is 3.64. The van der Waals surface area contributed by atoms with Crippen molar-refractivity contribution >= 4 is 11.9 Å². The maximum absolute atomic E-state index is 12.4. The molecule has 0 spiro atoms. The zero-order chi connectivity index (χ0) is 66.1. The molecule has 0 aliphatic heterocycles. The Balaban J connectivity index is 3.43. The van der Waals surface area contributed by atoms with Crippen molar-refractivity contribution in [1.82, 2.24) is 0 Å². The summed E-state index contributed by atoms with van der Waals surface area (Å²) in [4.78, 5) is 24.7. The molecule has 92 heavy (non-hydrogen) atoms. The van der Waals surface area contributed by atoms with Gasteiger partial charge in [-0.05, 0) is 103 Å². The van der Waals surface area contributed by atoms with E-state index in [2.05, 4.69) is 123 Å². The molecule has 0 aromatic carbocycles. The Morgan fingerprint density at radius 2 is 0.467 bits per heavy atom. The molecule has 1 unspecified atom stereocenters. The molecular weight excluding hydrogens is 1120 g/mol. The zero-order valence-corrected chi connectivity index (χ0v) is 61.3. The Bertz CT molecular complexity index is 1740. The molecule has 0 amide bonds. The molecule has 532 valence electrons. The molecule has 0 heterocycles. The van der Waals surface area contributed by atoms with Gasteiger partial charge < -0.3 is 14.6 Å². The van der Waals surface area contributed by atoms with Crippen molar-refractivity contribution < 1.29 is 24.2 Å². The van der Waals surface area contributed by atoms with Crippen LogP contribution in [-0.4, -0.2) is 36.4 Å². The first-order valence-electron chi connectivity index (χ1n) is 40.4. The van der Waals surface area contributed by atoms with Crippen molar-refractivity contribution in [2.24, 2.45) is 0 Å². The van der Waals surface area contributed by atoms with Gasteiger partial charge in [-0.2, -0.15) is 0 Å². The third kappa shape index (κ3) is 79.0. The molecule has 0 aliphatic carbocycles. The van der Waals surface area contributed by atoms with Crippen LogP contribution in [0.25, 0.3) is 0 Å². The molecule has 0 aliphatic rings. The smallest absolute Gasteiger partial charge is 0.306 e. The molecule has 0 rings (SSSR count). The maximum atomic E-state index is 12.4. The summed E-state index contributed by atoms with van der Waals surface area (Å²) in [6, 6.07) is 0. The number of allylic oxidation sites excluding steroid dienone is 18. The summed E-state index contributed by atoms with van der Waals surface area (Å²) in [7, 11) is 0. The van der Waals surface area contributed by atoms with Crippen LogP contribution in [0.3, 0.4) is 0 Å². The van der Waals surface area contributed by atoms with Crippen molar-refractivity contribution in [1.29, 1.82) is 0 Å².